The summed E-state index contributed by atoms with van der Waals surface area (Å²) in [7, 11) is 0. The number of rotatable bonds is 5. The molecule has 0 aromatic carbocycles. The van der Waals surface area contributed by atoms with E-state index < -0.39 is 0 Å². The van der Waals surface area contributed by atoms with Gasteiger partial charge in [0.15, 0.2) is 0 Å². The zero-order valence-electron chi connectivity index (χ0n) is 5.74. The molecule has 2 heteroatoms. The minimum atomic E-state index is 0. The molecule has 0 aliphatic heterocycles. The number of hydrogen-bond donors (Lipinski definition) is 1. The van der Waals surface area contributed by atoms with E-state index >= 15 is 0 Å². The van der Waals surface area contributed by atoms with Crippen LogP contribution in [0.15, 0.2) is 0 Å². The quantitative estimate of drug-likeness (QED) is 0.542. The molecule has 0 fully saturated rings. The average molecular weight is 119 g/mol. The van der Waals surface area contributed by atoms with Crippen molar-refractivity contribution in [2.75, 3.05) is 26.3 Å². The normalized spacial score (nSPS) is 9.75. The van der Waals surface area contributed by atoms with E-state index in [1.165, 1.54) is 0 Å². The van der Waals surface area contributed by atoms with Crippen molar-refractivity contribution in [1.82, 2.24) is 5.32 Å². The average Bonchev–Trinajstić information content (AvgIpc) is 1.81. The van der Waals surface area contributed by atoms with Gasteiger partial charge in [-0.15, -0.1) is 0 Å². The van der Waals surface area contributed by atoms with E-state index in [1.54, 1.807) is 0 Å². The fraction of sp³-hybridized carbons (Fsp3) is 1.00. The van der Waals surface area contributed by atoms with Crippen LogP contribution < -0.4 is 5.32 Å². The van der Waals surface area contributed by atoms with Crippen molar-refractivity contribution in [3.05, 3.63) is 0 Å². The smallest absolute Gasteiger partial charge is 0.0590 e. The van der Waals surface area contributed by atoms with Crippen molar-refractivity contribution in [2.45, 2.75) is 13.8 Å². The second kappa shape index (κ2) is 6.92. The Morgan fingerprint density at radius 2 is 2.25 bits per heavy atom. The molecular weight excluding hydrogens is 102 g/mol. The number of nitrogens with one attached hydrogen (secondary N) is 1. The molecule has 0 heterocycles. The summed E-state index contributed by atoms with van der Waals surface area (Å²) in [5, 5.41) is 3.16. The van der Waals surface area contributed by atoms with Crippen LogP contribution in [0.1, 0.15) is 15.3 Å². The molecule has 0 aromatic rings. The lowest BCUT2D eigenvalue weighted by molar-refractivity contribution is 0.149. The Bertz CT molecular complexity index is 38.0. The first-order chi connectivity index (χ1) is 3.91. The molecule has 0 radical (unpaired) electrons. The second-order valence-electron chi connectivity index (χ2n) is 1.55. The van der Waals surface area contributed by atoms with Crippen LogP contribution in [-0.2, 0) is 4.74 Å². The van der Waals surface area contributed by atoms with Gasteiger partial charge in [-0.2, -0.15) is 0 Å². The molecule has 8 heavy (non-hydrogen) atoms. The van der Waals surface area contributed by atoms with Gasteiger partial charge >= 0.3 is 0 Å². The van der Waals surface area contributed by atoms with E-state index in [2.05, 4.69) is 12.2 Å². The van der Waals surface area contributed by atoms with Gasteiger partial charge in [-0.1, -0.05) is 6.92 Å². The zero-order valence-corrected chi connectivity index (χ0v) is 5.74. The van der Waals surface area contributed by atoms with E-state index in [0.29, 0.717) is 0 Å². The molecule has 1 N–H and O–H groups in total. The van der Waals surface area contributed by atoms with Crippen molar-refractivity contribution in [2.24, 2.45) is 0 Å². The molecule has 0 atom stereocenters. The van der Waals surface area contributed by atoms with Crippen LogP contribution in [0, 0.1) is 0 Å². The van der Waals surface area contributed by atoms with Gasteiger partial charge in [-0.3, -0.25) is 0 Å². The summed E-state index contributed by atoms with van der Waals surface area (Å²) in [5.74, 6) is 0. The monoisotopic (exact) mass is 119 g/mol. The van der Waals surface area contributed by atoms with Gasteiger partial charge in [0, 0.05) is 14.6 Å². The van der Waals surface area contributed by atoms with E-state index in [1.807, 2.05) is 6.92 Å². The molecule has 0 aliphatic carbocycles. The van der Waals surface area contributed by atoms with Crippen LogP contribution in [0.2, 0.25) is 0 Å². The maximum absolute atomic E-state index is 5.07. The third kappa shape index (κ3) is 5.92. The fourth-order valence-corrected chi connectivity index (χ4v) is 0.465. The topological polar surface area (TPSA) is 21.3 Å². The first-order valence-corrected chi connectivity index (χ1v) is 3.20. The summed E-state index contributed by atoms with van der Waals surface area (Å²) in [4.78, 5) is 0. The Morgan fingerprint density at radius 1 is 1.50 bits per heavy atom. The number of likely N-dealkylation sites (N-methyl/N-ethyl adjacent to an activating group) is 1. The minimum Gasteiger partial charge on any atom is -0.380 e. The fourth-order valence-electron chi connectivity index (χ4n) is 0.465. The third-order valence-corrected chi connectivity index (χ3v) is 0.877. The predicted octanol–water partition coefficient (Wildman–Crippen LogP) is 0.878. The van der Waals surface area contributed by atoms with Crippen molar-refractivity contribution < 1.29 is 6.16 Å². The standard InChI is InChI=1S/C6H15NO.H2/c1-3-7-5-6-8-4-2;/h7H,3-6H2,1-2H3;1H. The Hall–Kier alpha value is -0.0800. The number of hydrogen-bond acceptors (Lipinski definition) is 2. The summed E-state index contributed by atoms with van der Waals surface area (Å²) in [6.45, 7) is 7.77. The van der Waals surface area contributed by atoms with Gasteiger partial charge in [-0.05, 0) is 13.5 Å². The first-order valence-electron chi connectivity index (χ1n) is 3.20. The molecule has 0 saturated heterocycles. The molecule has 0 bridgehead atoms. The van der Waals surface area contributed by atoms with Crippen LogP contribution >= 0.6 is 0 Å². The molecule has 52 valence electrons. The highest BCUT2D eigenvalue weighted by atomic mass is 16.5. The summed E-state index contributed by atoms with van der Waals surface area (Å²) >= 11 is 0. The Kier molecular flexibility index (Phi) is 6.85. The van der Waals surface area contributed by atoms with Crippen LogP contribution in [0.3, 0.4) is 0 Å². The molecule has 0 unspecified atom stereocenters. The maximum atomic E-state index is 5.07. The van der Waals surface area contributed by atoms with E-state index in [0.717, 1.165) is 26.3 Å². The van der Waals surface area contributed by atoms with Gasteiger partial charge < -0.3 is 10.1 Å². The van der Waals surface area contributed by atoms with Gasteiger partial charge in [0.2, 0.25) is 0 Å². The van der Waals surface area contributed by atoms with E-state index in [9.17, 15) is 0 Å². The van der Waals surface area contributed by atoms with E-state index in [4.69, 9.17) is 4.74 Å². The lowest BCUT2D eigenvalue weighted by atomic mass is 10.6. The van der Waals surface area contributed by atoms with Crippen LogP contribution in [0.25, 0.3) is 0 Å². The summed E-state index contributed by atoms with van der Waals surface area (Å²) in [6, 6.07) is 0. The highest BCUT2D eigenvalue weighted by Crippen LogP contribution is 1.68. The Balaban J connectivity index is 0. The molecular formula is C6H17NO. The molecule has 0 spiro atoms. The van der Waals surface area contributed by atoms with Crippen LogP contribution in [-0.4, -0.2) is 26.3 Å². The first kappa shape index (κ1) is 7.92. The largest absolute Gasteiger partial charge is 0.380 e. The maximum Gasteiger partial charge on any atom is 0.0590 e. The van der Waals surface area contributed by atoms with Gasteiger partial charge in [0.05, 0.1) is 6.61 Å². The summed E-state index contributed by atoms with van der Waals surface area (Å²) in [6.07, 6.45) is 0. The molecule has 0 saturated carbocycles. The highest BCUT2D eigenvalue weighted by Gasteiger charge is 1.80. The second-order valence-corrected chi connectivity index (χ2v) is 1.55. The van der Waals surface area contributed by atoms with Crippen molar-refractivity contribution in [1.29, 1.82) is 0 Å². The number of ether oxygens (including phenoxy) is 1. The van der Waals surface area contributed by atoms with Crippen LogP contribution in [0.5, 0.6) is 0 Å². The van der Waals surface area contributed by atoms with Gasteiger partial charge in [-0.25, -0.2) is 0 Å². The van der Waals surface area contributed by atoms with Crippen molar-refractivity contribution in [3.8, 4) is 0 Å². The SMILES string of the molecule is CCNCCOCC.[HH]. The predicted molar refractivity (Wildman–Crippen MR) is 37.2 cm³/mol. The third-order valence-electron chi connectivity index (χ3n) is 0.877. The molecule has 0 amide bonds. The van der Waals surface area contributed by atoms with Gasteiger partial charge in [0.25, 0.3) is 0 Å². The van der Waals surface area contributed by atoms with Crippen molar-refractivity contribution >= 4 is 0 Å². The molecule has 2 nitrogen and oxygen atoms in total. The Labute approximate surface area is 52.7 Å². The van der Waals surface area contributed by atoms with Crippen molar-refractivity contribution in [3.63, 3.8) is 0 Å². The van der Waals surface area contributed by atoms with E-state index in [-0.39, 0.29) is 1.43 Å². The lowest BCUT2D eigenvalue weighted by Crippen LogP contribution is -2.18. The Morgan fingerprint density at radius 3 is 2.75 bits per heavy atom. The van der Waals surface area contributed by atoms with Gasteiger partial charge in [0.1, 0.15) is 0 Å². The molecule has 0 rings (SSSR count). The highest BCUT2D eigenvalue weighted by molar-refractivity contribution is 4.38. The lowest BCUT2D eigenvalue weighted by Gasteiger charge is -1.99. The minimum absolute atomic E-state index is 0. The van der Waals surface area contributed by atoms with Crippen LogP contribution in [0.4, 0.5) is 0 Å². The molecule has 0 aliphatic rings. The summed E-state index contributed by atoms with van der Waals surface area (Å²) < 4.78 is 5.07. The molecule has 0 aromatic heterocycles. The zero-order chi connectivity index (χ0) is 6.24. The summed E-state index contributed by atoms with van der Waals surface area (Å²) in [5.41, 5.74) is 0.